The average Bonchev–Trinajstić information content (AvgIpc) is 2.96. The molecular weight excluding hydrogens is 328 g/mol. The van der Waals surface area contributed by atoms with Gasteiger partial charge >= 0.3 is 0 Å². The zero-order valence-corrected chi connectivity index (χ0v) is 15.2. The van der Waals surface area contributed by atoms with E-state index in [1.165, 1.54) is 10.4 Å². The molecule has 1 aromatic heterocycles. The Bertz CT molecular complexity index is 947. The van der Waals surface area contributed by atoms with Crippen molar-refractivity contribution in [2.45, 2.75) is 27.2 Å². The van der Waals surface area contributed by atoms with Crippen molar-refractivity contribution in [2.75, 3.05) is 6.54 Å². The summed E-state index contributed by atoms with van der Waals surface area (Å²) in [6, 6.07) is 13.0. The first kappa shape index (κ1) is 17.7. The Morgan fingerprint density at radius 3 is 2.65 bits per heavy atom. The highest BCUT2D eigenvalue weighted by Crippen LogP contribution is 2.15. The monoisotopic (exact) mass is 350 g/mol. The zero-order valence-electron chi connectivity index (χ0n) is 15.2. The number of carbonyl (C=O) groups is 1. The van der Waals surface area contributed by atoms with Crippen LogP contribution in [0.15, 0.2) is 42.5 Å². The van der Waals surface area contributed by atoms with Crippen molar-refractivity contribution < 1.29 is 9.90 Å². The Morgan fingerprint density at radius 2 is 1.92 bits per heavy atom. The maximum Gasteiger partial charge on any atom is 0.273 e. The maximum atomic E-state index is 12.4. The van der Waals surface area contributed by atoms with E-state index in [0.717, 1.165) is 16.8 Å². The lowest BCUT2D eigenvalue weighted by Gasteiger charge is -2.05. The highest BCUT2D eigenvalue weighted by atomic mass is 16.3. The van der Waals surface area contributed by atoms with Gasteiger partial charge in [-0.1, -0.05) is 29.8 Å². The van der Waals surface area contributed by atoms with Crippen molar-refractivity contribution in [1.82, 2.24) is 20.3 Å². The maximum absolute atomic E-state index is 12.4. The summed E-state index contributed by atoms with van der Waals surface area (Å²) in [5.74, 6) is -0.0280. The Kier molecular flexibility index (Phi) is 5.02. The number of aryl methyl sites for hydroxylation is 3. The van der Waals surface area contributed by atoms with Crippen LogP contribution in [0.25, 0.3) is 5.69 Å². The van der Waals surface area contributed by atoms with Crippen LogP contribution < -0.4 is 5.32 Å². The summed E-state index contributed by atoms with van der Waals surface area (Å²) in [7, 11) is 0. The molecule has 26 heavy (non-hydrogen) atoms. The van der Waals surface area contributed by atoms with E-state index in [4.69, 9.17) is 0 Å². The summed E-state index contributed by atoms with van der Waals surface area (Å²) in [4.78, 5) is 13.9. The van der Waals surface area contributed by atoms with Crippen LogP contribution in [0.1, 0.15) is 32.9 Å². The molecule has 134 valence electrons. The summed E-state index contributed by atoms with van der Waals surface area (Å²) < 4.78 is 0. The molecule has 3 rings (SSSR count). The summed E-state index contributed by atoms with van der Waals surface area (Å²) in [5, 5.41) is 21.1. The molecule has 0 aliphatic carbocycles. The van der Waals surface area contributed by atoms with E-state index in [0.29, 0.717) is 24.4 Å². The SMILES string of the molecule is Cc1ccc(-n2nc(C)c(C(=O)NCCc3cccc(O)c3)n2)c(C)c1. The Morgan fingerprint density at radius 1 is 1.12 bits per heavy atom. The number of benzene rings is 2. The molecule has 0 atom stereocenters. The van der Waals surface area contributed by atoms with E-state index in [1.807, 2.05) is 32.0 Å². The van der Waals surface area contributed by atoms with Crippen LogP contribution in [0.5, 0.6) is 5.75 Å². The lowest BCUT2D eigenvalue weighted by Crippen LogP contribution is -2.26. The molecule has 0 spiro atoms. The fourth-order valence-electron chi connectivity index (χ4n) is 2.84. The van der Waals surface area contributed by atoms with E-state index in [2.05, 4.69) is 21.6 Å². The molecule has 6 nitrogen and oxygen atoms in total. The van der Waals surface area contributed by atoms with Crippen LogP contribution in [0.4, 0.5) is 0 Å². The van der Waals surface area contributed by atoms with Gasteiger partial charge in [-0.05, 0) is 56.5 Å². The number of nitrogens with one attached hydrogen (secondary N) is 1. The number of amides is 1. The molecule has 1 heterocycles. The highest BCUT2D eigenvalue weighted by Gasteiger charge is 2.16. The lowest BCUT2D eigenvalue weighted by atomic mass is 10.1. The number of hydrogen-bond acceptors (Lipinski definition) is 4. The van der Waals surface area contributed by atoms with Gasteiger partial charge in [0.25, 0.3) is 5.91 Å². The number of phenols is 1. The predicted octanol–water partition coefficient (Wildman–Crippen LogP) is 2.87. The molecule has 2 aromatic carbocycles. The topological polar surface area (TPSA) is 80.0 Å². The van der Waals surface area contributed by atoms with Gasteiger partial charge in [0.15, 0.2) is 5.69 Å². The molecule has 6 heteroatoms. The fourth-order valence-corrected chi connectivity index (χ4v) is 2.84. The zero-order chi connectivity index (χ0) is 18.7. The van der Waals surface area contributed by atoms with Gasteiger partial charge in [-0.2, -0.15) is 9.90 Å². The van der Waals surface area contributed by atoms with Crippen LogP contribution in [0, 0.1) is 20.8 Å². The number of rotatable bonds is 5. The van der Waals surface area contributed by atoms with Crippen LogP contribution in [-0.2, 0) is 6.42 Å². The number of phenolic OH excluding ortho intramolecular Hbond substituents is 1. The lowest BCUT2D eigenvalue weighted by molar-refractivity contribution is 0.0948. The number of nitrogens with zero attached hydrogens (tertiary/aromatic N) is 3. The van der Waals surface area contributed by atoms with E-state index >= 15 is 0 Å². The van der Waals surface area contributed by atoms with Crippen LogP contribution >= 0.6 is 0 Å². The second-order valence-corrected chi connectivity index (χ2v) is 6.39. The van der Waals surface area contributed by atoms with Crippen LogP contribution in [0.3, 0.4) is 0 Å². The Labute approximate surface area is 152 Å². The largest absolute Gasteiger partial charge is 0.508 e. The molecule has 0 bridgehead atoms. The quantitative estimate of drug-likeness (QED) is 0.741. The summed E-state index contributed by atoms with van der Waals surface area (Å²) >= 11 is 0. The molecule has 0 saturated carbocycles. The third-order valence-corrected chi connectivity index (χ3v) is 4.17. The molecule has 0 aliphatic heterocycles. The molecule has 3 aromatic rings. The molecule has 1 amide bonds. The van der Waals surface area contributed by atoms with Crippen molar-refractivity contribution >= 4 is 5.91 Å². The molecule has 0 radical (unpaired) electrons. The standard InChI is InChI=1S/C20H22N4O2/c1-13-7-8-18(14(2)11-13)24-22-15(3)19(23-24)20(26)21-10-9-16-5-4-6-17(25)12-16/h4-8,11-12,25H,9-10H2,1-3H3,(H,21,26). The summed E-state index contributed by atoms with van der Waals surface area (Å²) in [5.41, 5.74) is 4.94. The van der Waals surface area contributed by atoms with Crippen molar-refractivity contribution in [3.05, 3.63) is 70.5 Å². The molecule has 0 aliphatic rings. The van der Waals surface area contributed by atoms with Gasteiger partial charge in [-0.3, -0.25) is 4.79 Å². The third-order valence-electron chi connectivity index (χ3n) is 4.17. The summed E-state index contributed by atoms with van der Waals surface area (Å²) in [6.45, 7) is 6.26. The Hall–Kier alpha value is -3.15. The van der Waals surface area contributed by atoms with Crippen molar-refractivity contribution in [2.24, 2.45) is 0 Å². The van der Waals surface area contributed by atoms with Crippen LogP contribution in [-0.4, -0.2) is 32.6 Å². The van der Waals surface area contributed by atoms with E-state index in [-0.39, 0.29) is 11.7 Å². The third kappa shape index (κ3) is 3.91. The van der Waals surface area contributed by atoms with E-state index in [1.54, 1.807) is 25.1 Å². The molecule has 0 saturated heterocycles. The smallest absolute Gasteiger partial charge is 0.273 e. The molecule has 0 fully saturated rings. The van der Waals surface area contributed by atoms with Gasteiger partial charge in [0.05, 0.1) is 11.4 Å². The van der Waals surface area contributed by atoms with E-state index < -0.39 is 0 Å². The fraction of sp³-hybridized carbons (Fsp3) is 0.250. The minimum absolute atomic E-state index is 0.223. The first-order valence-electron chi connectivity index (χ1n) is 8.52. The summed E-state index contributed by atoms with van der Waals surface area (Å²) in [6.07, 6.45) is 0.629. The second-order valence-electron chi connectivity index (χ2n) is 6.39. The van der Waals surface area contributed by atoms with Gasteiger partial charge in [-0.25, -0.2) is 0 Å². The van der Waals surface area contributed by atoms with E-state index in [9.17, 15) is 9.90 Å². The second kappa shape index (κ2) is 7.39. The molecule has 2 N–H and O–H groups in total. The first-order valence-corrected chi connectivity index (χ1v) is 8.52. The first-order chi connectivity index (χ1) is 12.4. The van der Waals surface area contributed by atoms with Crippen molar-refractivity contribution in [1.29, 1.82) is 0 Å². The number of aromatic nitrogens is 3. The normalized spacial score (nSPS) is 10.7. The van der Waals surface area contributed by atoms with Gasteiger partial charge in [0.1, 0.15) is 5.75 Å². The van der Waals surface area contributed by atoms with Crippen LogP contribution in [0.2, 0.25) is 0 Å². The number of carbonyl (C=O) groups excluding carboxylic acids is 1. The average molecular weight is 350 g/mol. The van der Waals surface area contributed by atoms with Crippen molar-refractivity contribution in [3.63, 3.8) is 0 Å². The number of aromatic hydroxyl groups is 1. The predicted molar refractivity (Wildman–Crippen MR) is 99.7 cm³/mol. The highest BCUT2D eigenvalue weighted by molar-refractivity contribution is 5.93. The molecule has 0 unspecified atom stereocenters. The van der Waals surface area contributed by atoms with Gasteiger partial charge in [0, 0.05) is 6.54 Å². The molecular formula is C20H22N4O2. The minimum atomic E-state index is -0.251. The van der Waals surface area contributed by atoms with Gasteiger partial charge in [0.2, 0.25) is 0 Å². The Balaban J connectivity index is 1.69. The van der Waals surface area contributed by atoms with Crippen molar-refractivity contribution in [3.8, 4) is 11.4 Å². The van der Waals surface area contributed by atoms with Gasteiger partial charge < -0.3 is 10.4 Å². The van der Waals surface area contributed by atoms with Gasteiger partial charge in [-0.15, -0.1) is 5.10 Å². The minimum Gasteiger partial charge on any atom is -0.508 e. The number of hydrogen-bond donors (Lipinski definition) is 2.